The van der Waals surface area contributed by atoms with Crippen LogP contribution in [0.3, 0.4) is 0 Å². The maximum Gasteiger partial charge on any atom is 0.354 e. The number of rotatable bonds is 3. The Morgan fingerprint density at radius 3 is 2.22 bits per heavy atom. The Morgan fingerprint density at radius 2 is 1.70 bits per heavy atom. The zero-order valence-electron chi connectivity index (χ0n) is 17.5. The summed E-state index contributed by atoms with van der Waals surface area (Å²) >= 11 is 0. The monoisotopic (exact) mass is 366 g/mol. The molecule has 0 aliphatic heterocycles. The van der Waals surface area contributed by atoms with Gasteiger partial charge in [-0.1, -0.05) is 39.8 Å². The van der Waals surface area contributed by atoms with Crippen molar-refractivity contribution >= 4 is 17.6 Å². The van der Waals surface area contributed by atoms with Gasteiger partial charge in [0.2, 0.25) is 0 Å². The van der Waals surface area contributed by atoms with Crippen LogP contribution >= 0.6 is 0 Å². The molecule has 1 heterocycles. The first-order valence-corrected chi connectivity index (χ1v) is 9.53. The summed E-state index contributed by atoms with van der Waals surface area (Å²) in [7, 11) is 1.74. The van der Waals surface area contributed by atoms with E-state index < -0.39 is 5.97 Å². The summed E-state index contributed by atoms with van der Waals surface area (Å²) in [5.74, 6) is -0.308. The van der Waals surface area contributed by atoms with Gasteiger partial charge < -0.3 is 9.67 Å². The third-order valence-electron chi connectivity index (χ3n) is 6.21. The van der Waals surface area contributed by atoms with Gasteiger partial charge in [-0.05, 0) is 71.4 Å². The van der Waals surface area contributed by atoms with Crippen molar-refractivity contribution in [2.45, 2.75) is 65.2 Å². The Balaban J connectivity index is 2.11. The lowest BCUT2D eigenvalue weighted by molar-refractivity contribution is 0.0686. The third kappa shape index (κ3) is 3.33. The molecule has 2 aromatic rings. The van der Waals surface area contributed by atoms with Crippen molar-refractivity contribution in [2.75, 3.05) is 0 Å². The van der Waals surface area contributed by atoms with E-state index in [1.807, 2.05) is 6.08 Å². The largest absolute Gasteiger partial charge is 0.477 e. The first-order valence-electron chi connectivity index (χ1n) is 9.53. The molecule has 1 aromatic carbocycles. The van der Waals surface area contributed by atoms with Gasteiger partial charge in [-0.25, -0.2) is 9.78 Å². The number of imidazole rings is 1. The Labute approximate surface area is 161 Å². The molecule has 4 nitrogen and oxygen atoms in total. The predicted octanol–water partition coefficient (Wildman–Crippen LogP) is 5.34. The van der Waals surface area contributed by atoms with Crippen molar-refractivity contribution in [1.29, 1.82) is 0 Å². The van der Waals surface area contributed by atoms with Crippen LogP contribution in [0.25, 0.3) is 11.6 Å². The fourth-order valence-corrected chi connectivity index (χ4v) is 4.18. The summed E-state index contributed by atoms with van der Waals surface area (Å²) in [5, 5.41) is 9.23. The molecule has 27 heavy (non-hydrogen) atoms. The van der Waals surface area contributed by atoms with Gasteiger partial charge >= 0.3 is 5.97 Å². The number of hydrogen-bond acceptors (Lipinski definition) is 2. The number of allylic oxidation sites excluding steroid dienone is 1. The Bertz CT molecular complexity index is 946. The van der Waals surface area contributed by atoms with Gasteiger partial charge in [0, 0.05) is 7.05 Å². The van der Waals surface area contributed by atoms with Gasteiger partial charge in [-0.3, -0.25) is 0 Å². The molecule has 4 heteroatoms. The molecular formula is C23H30N2O2. The number of carboxylic acids is 1. The average molecular weight is 367 g/mol. The highest BCUT2D eigenvalue weighted by molar-refractivity contribution is 5.87. The minimum absolute atomic E-state index is 0.160. The highest BCUT2D eigenvalue weighted by Gasteiger charge is 2.37. The van der Waals surface area contributed by atoms with E-state index in [0.29, 0.717) is 5.82 Å². The maximum absolute atomic E-state index is 11.3. The van der Waals surface area contributed by atoms with E-state index in [1.54, 1.807) is 11.6 Å². The van der Waals surface area contributed by atoms with E-state index in [1.165, 1.54) is 41.3 Å². The summed E-state index contributed by atoms with van der Waals surface area (Å²) in [4.78, 5) is 15.5. The van der Waals surface area contributed by atoms with E-state index in [9.17, 15) is 9.90 Å². The van der Waals surface area contributed by atoms with Crippen molar-refractivity contribution in [3.63, 3.8) is 0 Å². The zero-order chi connectivity index (χ0) is 20.1. The SMILES string of the molecule is CC(=Cc1ncc(C(=O)O)n1C)c1cc2c(cc1C)C(C)(C)CCC2(C)C. The van der Waals surface area contributed by atoms with Crippen molar-refractivity contribution in [1.82, 2.24) is 9.55 Å². The zero-order valence-corrected chi connectivity index (χ0v) is 17.5. The Kier molecular flexibility index (Phi) is 4.57. The molecular weight excluding hydrogens is 336 g/mol. The minimum atomic E-state index is -0.962. The number of benzene rings is 1. The summed E-state index contributed by atoms with van der Waals surface area (Å²) in [6, 6.07) is 4.70. The second-order valence-electron chi connectivity index (χ2n) is 9.17. The second-order valence-corrected chi connectivity index (χ2v) is 9.17. The normalized spacial score (nSPS) is 18.3. The van der Waals surface area contributed by atoms with Crippen LogP contribution in [0.5, 0.6) is 0 Å². The van der Waals surface area contributed by atoms with Crippen molar-refractivity contribution < 1.29 is 9.90 Å². The number of aromatic nitrogens is 2. The molecule has 1 aliphatic carbocycles. The van der Waals surface area contributed by atoms with E-state index in [-0.39, 0.29) is 16.5 Å². The van der Waals surface area contributed by atoms with Crippen LogP contribution < -0.4 is 0 Å². The maximum atomic E-state index is 11.3. The molecule has 0 saturated heterocycles. The minimum Gasteiger partial charge on any atom is -0.477 e. The van der Waals surface area contributed by atoms with Crippen LogP contribution in [0.4, 0.5) is 0 Å². The van der Waals surface area contributed by atoms with Crippen molar-refractivity contribution in [2.24, 2.45) is 7.05 Å². The molecule has 0 saturated carbocycles. The number of hydrogen-bond donors (Lipinski definition) is 1. The molecule has 1 N–H and O–H groups in total. The lowest BCUT2D eigenvalue weighted by Gasteiger charge is -2.42. The van der Waals surface area contributed by atoms with Crippen LogP contribution in [0.1, 0.15) is 86.0 Å². The smallest absolute Gasteiger partial charge is 0.354 e. The van der Waals surface area contributed by atoms with Crippen LogP contribution in [0, 0.1) is 6.92 Å². The number of aryl methyl sites for hydroxylation is 1. The standard InChI is InChI=1S/C23H30N2O2/c1-14-10-17-18(23(5,6)9-8-22(17,3)4)12-16(14)15(2)11-20-24-13-19(21(26)27)25(20)7/h10-13H,8-9H2,1-7H3,(H,26,27). The van der Waals surface area contributed by atoms with Gasteiger partial charge in [-0.2, -0.15) is 0 Å². The average Bonchev–Trinajstić information content (AvgIpc) is 2.92. The molecule has 1 aliphatic rings. The highest BCUT2D eigenvalue weighted by Crippen LogP contribution is 2.47. The topological polar surface area (TPSA) is 55.1 Å². The van der Waals surface area contributed by atoms with E-state index in [2.05, 4.69) is 58.7 Å². The number of carbonyl (C=O) groups is 1. The molecule has 144 valence electrons. The van der Waals surface area contributed by atoms with Crippen LogP contribution in [0.15, 0.2) is 18.3 Å². The van der Waals surface area contributed by atoms with E-state index in [0.717, 1.165) is 5.57 Å². The molecule has 0 bridgehead atoms. The Hall–Kier alpha value is -2.36. The van der Waals surface area contributed by atoms with Crippen LogP contribution in [-0.2, 0) is 17.9 Å². The van der Waals surface area contributed by atoms with Crippen LogP contribution in [0.2, 0.25) is 0 Å². The fraction of sp³-hybridized carbons (Fsp3) is 0.478. The summed E-state index contributed by atoms with van der Waals surface area (Å²) in [5.41, 5.74) is 6.99. The van der Waals surface area contributed by atoms with Gasteiger partial charge in [0.05, 0.1) is 6.20 Å². The number of nitrogens with zero attached hydrogens (tertiary/aromatic N) is 2. The first kappa shape index (κ1) is 19.4. The lowest BCUT2D eigenvalue weighted by atomic mass is 9.62. The number of carboxylic acid groups (broad SMARTS) is 1. The molecule has 0 spiro atoms. The number of aromatic carboxylic acids is 1. The van der Waals surface area contributed by atoms with Crippen LogP contribution in [-0.4, -0.2) is 20.6 Å². The number of fused-ring (bicyclic) bond motifs is 1. The van der Waals surface area contributed by atoms with E-state index >= 15 is 0 Å². The summed E-state index contributed by atoms with van der Waals surface area (Å²) in [6.45, 7) is 13.6. The predicted molar refractivity (Wildman–Crippen MR) is 110 cm³/mol. The quantitative estimate of drug-likeness (QED) is 0.798. The van der Waals surface area contributed by atoms with Gasteiger partial charge in [0.1, 0.15) is 11.5 Å². The highest BCUT2D eigenvalue weighted by atomic mass is 16.4. The summed E-state index contributed by atoms with van der Waals surface area (Å²) in [6.07, 6.45) is 5.76. The van der Waals surface area contributed by atoms with Gasteiger partial charge in [0.25, 0.3) is 0 Å². The molecule has 0 atom stereocenters. The Morgan fingerprint density at radius 1 is 1.15 bits per heavy atom. The third-order valence-corrected chi connectivity index (χ3v) is 6.21. The molecule has 0 amide bonds. The second kappa shape index (κ2) is 6.36. The molecule has 3 rings (SSSR count). The fourth-order valence-electron chi connectivity index (χ4n) is 4.18. The van der Waals surface area contributed by atoms with E-state index in [4.69, 9.17) is 0 Å². The van der Waals surface area contributed by atoms with Crippen molar-refractivity contribution in [3.05, 3.63) is 52.1 Å². The molecule has 0 fully saturated rings. The summed E-state index contributed by atoms with van der Waals surface area (Å²) < 4.78 is 1.62. The lowest BCUT2D eigenvalue weighted by Crippen LogP contribution is -2.34. The molecule has 0 radical (unpaired) electrons. The van der Waals surface area contributed by atoms with Crippen molar-refractivity contribution in [3.8, 4) is 0 Å². The van der Waals surface area contributed by atoms with Gasteiger partial charge in [0.15, 0.2) is 0 Å². The first-order chi connectivity index (χ1) is 12.4. The van der Waals surface area contributed by atoms with Gasteiger partial charge in [-0.15, -0.1) is 0 Å². The molecule has 1 aromatic heterocycles. The molecule has 0 unspecified atom stereocenters.